The van der Waals surface area contributed by atoms with E-state index in [2.05, 4.69) is 35.7 Å². The van der Waals surface area contributed by atoms with Crippen molar-refractivity contribution in [3.8, 4) is 0 Å². The van der Waals surface area contributed by atoms with Crippen LogP contribution in [-0.4, -0.2) is 28.7 Å². The zero-order valence-electron chi connectivity index (χ0n) is 14.5. The molecule has 0 N–H and O–H groups in total. The SMILES string of the molecule is CCn1ccnc1.CCn1ccnc1.CCn1ccnc1.[Cl][Ru]([Cl])[Cl]. The summed E-state index contributed by atoms with van der Waals surface area (Å²) < 4.78 is 6.04. The summed E-state index contributed by atoms with van der Waals surface area (Å²) in [6.45, 7) is 9.30. The molecule has 0 aliphatic heterocycles. The van der Waals surface area contributed by atoms with Crippen LogP contribution in [0.2, 0.25) is 0 Å². The number of nitrogens with zero attached hydrogens (tertiary/aromatic N) is 6. The summed E-state index contributed by atoms with van der Waals surface area (Å²) in [5.41, 5.74) is 0. The number of imidazole rings is 3. The van der Waals surface area contributed by atoms with Crippen molar-refractivity contribution in [3.63, 3.8) is 0 Å². The van der Waals surface area contributed by atoms with Crippen molar-refractivity contribution in [3.05, 3.63) is 56.2 Å². The van der Waals surface area contributed by atoms with Crippen LogP contribution in [0.1, 0.15) is 20.8 Å². The van der Waals surface area contributed by atoms with E-state index in [0.29, 0.717) is 0 Å². The summed E-state index contributed by atoms with van der Waals surface area (Å²) in [6.07, 6.45) is 16.6. The van der Waals surface area contributed by atoms with Gasteiger partial charge in [0.1, 0.15) is 0 Å². The van der Waals surface area contributed by atoms with Gasteiger partial charge in [0.15, 0.2) is 0 Å². The van der Waals surface area contributed by atoms with E-state index in [1.54, 1.807) is 37.6 Å². The van der Waals surface area contributed by atoms with E-state index in [9.17, 15) is 0 Å². The van der Waals surface area contributed by atoms with Crippen molar-refractivity contribution in [2.24, 2.45) is 0 Å². The Bertz CT molecular complexity index is 501. The van der Waals surface area contributed by atoms with Crippen LogP contribution < -0.4 is 0 Å². The maximum atomic E-state index is 4.95. The molecule has 0 spiro atoms. The summed E-state index contributed by atoms with van der Waals surface area (Å²) in [6, 6.07) is 0. The molecule has 3 aromatic heterocycles. The Morgan fingerprint density at radius 1 is 0.640 bits per heavy atom. The molecule has 143 valence electrons. The maximum absolute atomic E-state index is 4.95. The van der Waals surface area contributed by atoms with Crippen LogP contribution in [0.3, 0.4) is 0 Å². The Balaban J connectivity index is 0.000000314. The molecule has 0 bridgehead atoms. The summed E-state index contributed by atoms with van der Waals surface area (Å²) >= 11 is -1.75. The van der Waals surface area contributed by atoms with Crippen molar-refractivity contribution in [2.45, 2.75) is 40.4 Å². The molecule has 0 aromatic carbocycles. The predicted molar refractivity (Wildman–Crippen MR) is 101 cm³/mol. The minimum absolute atomic E-state index is 1.01. The summed E-state index contributed by atoms with van der Waals surface area (Å²) in [5, 5.41) is 0. The van der Waals surface area contributed by atoms with Crippen LogP contribution in [0.25, 0.3) is 0 Å². The van der Waals surface area contributed by atoms with Crippen LogP contribution in [-0.2, 0) is 32.6 Å². The van der Waals surface area contributed by atoms with Crippen LogP contribution in [0.4, 0.5) is 0 Å². The van der Waals surface area contributed by atoms with E-state index in [-0.39, 0.29) is 0 Å². The first kappa shape index (κ1) is 24.1. The second-order valence-electron chi connectivity index (χ2n) is 4.33. The molecule has 0 aliphatic rings. The number of aromatic nitrogens is 6. The third kappa shape index (κ3) is 15.1. The zero-order valence-corrected chi connectivity index (χ0v) is 18.5. The number of hydrogen-bond donors (Lipinski definition) is 0. The Morgan fingerprint density at radius 3 is 0.960 bits per heavy atom. The molecule has 6 nitrogen and oxygen atoms in total. The average molecular weight is 496 g/mol. The first-order valence-electron chi connectivity index (χ1n) is 7.57. The third-order valence-corrected chi connectivity index (χ3v) is 2.77. The van der Waals surface area contributed by atoms with Crippen LogP contribution in [0.15, 0.2) is 56.2 Å². The van der Waals surface area contributed by atoms with Crippen LogP contribution in [0, 0.1) is 0 Å². The van der Waals surface area contributed by atoms with Crippen molar-refractivity contribution in [1.82, 2.24) is 28.7 Å². The van der Waals surface area contributed by atoms with Gasteiger partial charge < -0.3 is 13.7 Å². The number of hydrogen-bond acceptors (Lipinski definition) is 3. The molecule has 0 saturated carbocycles. The van der Waals surface area contributed by atoms with Gasteiger partial charge in [0.2, 0.25) is 0 Å². The van der Waals surface area contributed by atoms with Crippen LogP contribution in [0.5, 0.6) is 0 Å². The number of rotatable bonds is 3. The first-order chi connectivity index (χ1) is 12.0. The fraction of sp³-hybridized carbons (Fsp3) is 0.400. The van der Waals surface area contributed by atoms with Gasteiger partial charge in [-0.1, -0.05) is 0 Å². The molecule has 0 atom stereocenters. The Kier molecular flexibility index (Phi) is 16.0. The fourth-order valence-electron chi connectivity index (χ4n) is 1.42. The summed E-state index contributed by atoms with van der Waals surface area (Å²) in [5.74, 6) is 0. The molecule has 3 heterocycles. The van der Waals surface area contributed by atoms with Crippen molar-refractivity contribution in [1.29, 1.82) is 0 Å². The number of aryl methyl sites for hydroxylation is 3. The van der Waals surface area contributed by atoms with E-state index in [0.717, 1.165) is 19.6 Å². The van der Waals surface area contributed by atoms with Crippen LogP contribution >= 0.6 is 29.1 Å². The van der Waals surface area contributed by atoms with Gasteiger partial charge in [0, 0.05) is 56.8 Å². The van der Waals surface area contributed by atoms with Gasteiger partial charge >= 0.3 is 42.1 Å². The molecule has 0 radical (unpaired) electrons. The molecular formula is C15H24Cl3N6Ru. The molecule has 10 heteroatoms. The molecule has 0 fully saturated rings. The predicted octanol–water partition coefficient (Wildman–Crippen LogP) is 4.78. The minimum atomic E-state index is -1.75. The van der Waals surface area contributed by atoms with E-state index in [1.807, 2.05) is 32.3 Å². The zero-order chi connectivity index (χ0) is 18.9. The average Bonchev–Trinajstić information content (AvgIpc) is 3.39. The molecular weight excluding hydrogens is 472 g/mol. The Hall–Kier alpha value is -0.877. The van der Waals surface area contributed by atoms with Gasteiger partial charge in [-0.05, 0) is 20.8 Å². The van der Waals surface area contributed by atoms with Gasteiger partial charge in [-0.2, -0.15) is 0 Å². The van der Waals surface area contributed by atoms with Gasteiger partial charge in [-0.3, -0.25) is 0 Å². The molecule has 3 rings (SSSR count). The van der Waals surface area contributed by atoms with Crippen molar-refractivity contribution >= 4 is 29.1 Å². The van der Waals surface area contributed by atoms with Crippen molar-refractivity contribution in [2.75, 3.05) is 0 Å². The monoisotopic (exact) mass is 495 g/mol. The second kappa shape index (κ2) is 16.6. The molecule has 0 unspecified atom stereocenters. The molecule has 0 aliphatic carbocycles. The molecule has 0 amide bonds. The van der Waals surface area contributed by atoms with Gasteiger partial charge in [0.05, 0.1) is 19.0 Å². The fourth-order valence-corrected chi connectivity index (χ4v) is 1.42. The number of halogens is 3. The van der Waals surface area contributed by atoms with E-state index in [4.69, 9.17) is 29.1 Å². The molecule has 3 aromatic rings. The molecule has 25 heavy (non-hydrogen) atoms. The summed E-state index contributed by atoms with van der Waals surface area (Å²) in [7, 11) is 14.8. The standard InChI is InChI=1S/3C5H8N2.3ClH.Ru/c3*1-2-7-4-3-6-5-7;;;;/h3*3-5H,2H2,1H3;3*1H;/q;;;;;;+3/p-3. The van der Waals surface area contributed by atoms with Gasteiger partial charge in [-0.15, -0.1) is 0 Å². The summed E-state index contributed by atoms with van der Waals surface area (Å²) in [4.78, 5) is 11.6. The van der Waals surface area contributed by atoms with Gasteiger partial charge in [-0.25, -0.2) is 15.0 Å². The van der Waals surface area contributed by atoms with Crippen molar-refractivity contribution < 1.29 is 13.0 Å². The normalized spacial score (nSPS) is 9.60. The Labute approximate surface area is 166 Å². The van der Waals surface area contributed by atoms with Gasteiger partial charge in [0.25, 0.3) is 0 Å². The van der Waals surface area contributed by atoms with E-state index < -0.39 is 13.0 Å². The van der Waals surface area contributed by atoms with E-state index >= 15 is 0 Å². The van der Waals surface area contributed by atoms with E-state index in [1.165, 1.54) is 0 Å². The quantitative estimate of drug-likeness (QED) is 0.492. The first-order valence-corrected chi connectivity index (χ1v) is 14.3. The third-order valence-electron chi connectivity index (χ3n) is 2.77. The Morgan fingerprint density at radius 2 is 0.880 bits per heavy atom. The second-order valence-corrected chi connectivity index (χ2v) is 12.2. The molecule has 0 saturated heterocycles. The topological polar surface area (TPSA) is 53.5 Å².